The molecule has 0 saturated carbocycles. The molecular formula is C14H21N5O. The minimum Gasteiger partial charge on any atom is -0.383 e. The van der Waals surface area contributed by atoms with Gasteiger partial charge in [0, 0.05) is 44.7 Å². The number of rotatable bonds is 4. The smallest absolute Gasteiger partial charge is 0.0948 e. The number of hydrogen-bond acceptors (Lipinski definition) is 4. The highest BCUT2D eigenvalue weighted by atomic mass is 16.5. The van der Waals surface area contributed by atoms with Crippen LogP contribution in [0.2, 0.25) is 0 Å². The van der Waals surface area contributed by atoms with E-state index in [0.717, 1.165) is 44.0 Å². The van der Waals surface area contributed by atoms with E-state index in [9.17, 15) is 0 Å². The van der Waals surface area contributed by atoms with Gasteiger partial charge in [-0.3, -0.25) is 10.00 Å². The summed E-state index contributed by atoms with van der Waals surface area (Å²) in [7, 11) is 1.77. The van der Waals surface area contributed by atoms with Crippen molar-refractivity contribution in [2.45, 2.75) is 39.0 Å². The topological polar surface area (TPSA) is 59.0 Å². The van der Waals surface area contributed by atoms with Crippen LogP contribution in [0, 0.1) is 6.92 Å². The van der Waals surface area contributed by atoms with Gasteiger partial charge in [-0.2, -0.15) is 5.10 Å². The summed E-state index contributed by atoms with van der Waals surface area (Å²) >= 11 is 0. The molecule has 0 aliphatic carbocycles. The zero-order valence-corrected chi connectivity index (χ0v) is 12.0. The number of ether oxygens (including phenoxy) is 1. The molecule has 0 fully saturated rings. The summed E-state index contributed by atoms with van der Waals surface area (Å²) in [5.74, 6) is 0. The van der Waals surface area contributed by atoms with E-state index in [1.54, 1.807) is 7.11 Å². The van der Waals surface area contributed by atoms with Gasteiger partial charge in [-0.1, -0.05) is 0 Å². The fraction of sp³-hybridized carbons (Fsp3) is 0.571. The van der Waals surface area contributed by atoms with E-state index in [1.807, 2.05) is 19.4 Å². The quantitative estimate of drug-likeness (QED) is 0.914. The molecule has 2 aromatic heterocycles. The summed E-state index contributed by atoms with van der Waals surface area (Å²) in [6, 6.07) is 2.52. The third kappa shape index (κ3) is 2.76. The van der Waals surface area contributed by atoms with E-state index < -0.39 is 0 Å². The number of H-pyrrole nitrogens is 1. The molecule has 20 heavy (non-hydrogen) atoms. The van der Waals surface area contributed by atoms with E-state index in [4.69, 9.17) is 4.74 Å². The van der Waals surface area contributed by atoms with Crippen molar-refractivity contribution in [3.8, 4) is 0 Å². The molecule has 6 nitrogen and oxygen atoms in total. The first-order valence-electron chi connectivity index (χ1n) is 6.99. The van der Waals surface area contributed by atoms with Crippen LogP contribution in [0.3, 0.4) is 0 Å². The highest BCUT2D eigenvalue weighted by Crippen LogP contribution is 2.20. The summed E-state index contributed by atoms with van der Waals surface area (Å²) in [6.45, 7) is 5.51. The third-order valence-electron chi connectivity index (χ3n) is 3.87. The highest BCUT2D eigenvalue weighted by Gasteiger charge is 2.24. The highest BCUT2D eigenvalue weighted by molar-refractivity contribution is 5.08. The summed E-state index contributed by atoms with van der Waals surface area (Å²) in [5.41, 5.74) is 3.44. The minimum atomic E-state index is 0.414. The summed E-state index contributed by atoms with van der Waals surface area (Å²) in [4.78, 5) is 6.68. The number of imidazole rings is 1. The van der Waals surface area contributed by atoms with E-state index in [0.29, 0.717) is 6.04 Å². The Labute approximate surface area is 118 Å². The predicted octanol–water partition coefficient (Wildman–Crippen LogP) is 1.34. The molecule has 3 rings (SSSR count). The van der Waals surface area contributed by atoms with Gasteiger partial charge in [-0.25, -0.2) is 4.98 Å². The lowest BCUT2D eigenvalue weighted by Crippen LogP contribution is -2.36. The molecule has 1 aliphatic heterocycles. The molecule has 0 bridgehead atoms. The second-order valence-corrected chi connectivity index (χ2v) is 5.42. The minimum absolute atomic E-state index is 0.414. The zero-order chi connectivity index (χ0) is 13.9. The molecule has 1 atom stereocenters. The van der Waals surface area contributed by atoms with Crippen molar-refractivity contribution in [1.29, 1.82) is 0 Å². The average Bonchev–Trinajstić information content (AvgIpc) is 3.00. The van der Waals surface area contributed by atoms with Gasteiger partial charge in [0.05, 0.1) is 24.3 Å². The molecule has 0 spiro atoms. The maximum absolute atomic E-state index is 5.39. The Morgan fingerprint density at radius 1 is 1.50 bits per heavy atom. The number of fused-ring (bicyclic) bond motifs is 1. The van der Waals surface area contributed by atoms with Crippen LogP contribution in [-0.4, -0.2) is 44.4 Å². The fourth-order valence-corrected chi connectivity index (χ4v) is 2.82. The van der Waals surface area contributed by atoms with Crippen LogP contribution in [0.5, 0.6) is 0 Å². The number of nitrogens with one attached hydrogen (secondary N) is 1. The normalized spacial score (nSPS) is 19.8. The van der Waals surface area contributed by atoms with Gasteiger partial charge in [0.25, 0.3) is 0 Å². The van der Waals surface area contributed by atoms with Gasteiger partial charge in [-0.15, -0.1) is 0 Å². The van der Waals surface area contributed by atoms with Crippen LogP contribution in [0.1, 0.15) is 23.5 Å². The summed E-state index contributed by atoms with van der Waals surface area (Å²) in [6.07, 6.45) is 4.94. The molecule has 2 aromatic rings. The average molecular weight is 275 g/mol. The lowest BCUT2D eigenvalue weighted by atomic mass is 10.2. The number of aromatic amines is 1. The number of nitrogens with zero attached hydrogens (tertiary/aromatic N) is 4. The Morgan fingerprint density at radius 2 is 2.40 bits per heavy atom. The van der Waals surface area contributed by atoms with Crippen molar-refractivity contribution in [3.05, 3.63) is 35.7 Å². The van der Waals surface area contributed by atoms with Gasteiger partial charge in [0.15, 0.2) is 0 Å². The first-order valence-corrected chi connectivity index (χ1v) is 6.99. The Kier molecular flexibility index (Phi) is 3.84. The fourth-order valence-electron chi connectivity index (χ4n) is 2.82. The maximum atomic E-state index is 5.39. The number of aromatic nitrogens is 4. The molecule has 0 saturated heterocycles. The van der Waals surface area contributed by atoms with Crippen molar-refractivity contribution in [3.63, 3.8) is 0 Å². The second kappa shape index (κ2) is 5.76. The van der Waals surface area contributed by atoms with Crippen LogP contribution in [-0.2, 0) is 24.4 Å². The van der Waals surface area contributed by atoms with Crippen LogP contribution in [0.15, 0.2) is 18.6 Å². The van der Waals surface area contributed by atoms with Gasteiger partial charge in [0.1, 0.15) is 0 Å². The second-order valence-electron chi connectivity index (χ2n) is 5.42. The zero-order valence-electron chi connectivity index (χ0n) is 12.0. The summed E-state index contributed by atoms with van der Waals surface area (Å²) < 4.78 is 7.63. The molecule has 3 heterocycles. The molecule has 0 radical (unpaired) electrons. The lowest BCUT2D eigenvalue weighted by Gasteiger charge is -2.28. The Hall–Kier alpha value is -1.66. The Bertz CT molecular complexity index is 561. The molecule has 1 N–H and O–H groups in total. The molecule has 6 heteroatoms. The first kappa shape index (κ1) is 13.3. The van der Waals surface area contributed by atoms with E-state index in [2.05, 4.69) is 30.7 Å². The van der Waals surface area contributed by atoms with Gasteiger partial charge < -0.3 is 9.30 Å². The van der Waals surface area contributed by atoms with Crippen molar-refractivity contribution in [2.24, 2.45) is 0 Å². The molecule has 0 amide bonds. The van der Waals surface area contributed by atoms with E-state index in [-0.39, 0.29) is 0 Å². The van der Waals surface area contributed by atoms with Gasteiger partial charge in [-0.05, 0) is 19.4 Å². The van der Waals surface area contributed by atoms with Crippen LogP contribution in [0.4, 0.5) is 0 Å². The summed E-state index contributed by atoms with van der Waals surface area (Å²) in [5, 5.41) is 7.36. The van der Waals surface area contributed by atoms with Crippen LogP contribution in [0.25, 0.3) is 0 Å². The molecule has 0 aromatic carbocycles. The van der Waals surface area contributed by atoms with Crippen molar-refractivity contribution in [1.82, 2.24) is 24.6 Å². The van der Waals surface area contributed by atoms with Gasteiger partial charge >= 0.3 is 0 Å². The molecular weight excluding hydrogens is 254 g/mol. The predicted molar refractivity (Wildman–Crippen MR) is 75.1 cm³/mol. The van der Waals surface area contributed by atoms with E-state index >= 15 is 0 Å². The maximum Gasteiger partial charge on any atom is 0.0948 e. The van der Waals surface area contributed by atoms with Crippen molar-refractivity contribution in [2.75, 3.05) is 13.7 Å². The van der Waals surface area contributed by atoms with Crippen molar-refractivity contribution < 1.29 is 4.74 Å². The molecule has 0 unspecified atom stereocenters. The van der Waals surface area contributed by atoms with Crippen LogP contribution >= 0.6 is 0 Å². The van der Waals surface area contributed by atoms with Crippen molar-refractivity contribution >= 4 is 0 Å². The number of methoxy groups -OCH3 is 1. The van der Waals surface area contributed by atoms with E-state index in [1.165, 1.54) is 5.69 Å². The monoisotopic (exact) mass is 275 g/mol. The molecule has 1 aliphatic rings. The SMILES string of the molecule is COC[C@@H]1CCn2cncc2CN1Cc1cc(C)[nH]n1. The number of hydrogen-bond donors (Lipinski definition) is 1. The largest absolute Gasteiger partial charge is 0.383 e. The van der Waals surface area contributed by atoms with Crippen LogP contribution < -0.4 is 0 Å². The molecule has 108 valence electrons. The lowest BCUT2D eigenvalue weighted by molar-refractivity contribution is 0.0772. The Morgan fingerprint density at radius 3 is 3.15 bits per heavy atom. The standard InChI is InChI=1S/C14H21N5O/c1-11-5-12(17-16-11)7-19-8-14-6-15-10-18(14)4-3-13(19)9-20-2/h5-6,10,13H,3-4,7-9H2,1-2H3,(H,16,17)/t13-/m0/s1. The number of aryl methyl sites for hydroxylation is 2. The van der Waals surface area contributed by atoms with Gasteiger partial charge in [0.2, 0.25) is 0 Å². The third-order valence-corrected chi connectivity index (χ3v) is 3.87. The Balaban J connectivity index is 1.79. The first-order chi connectivity index (χ1) is 9.76.